The van der Waals surface area contributed by atoms with E-state index in [0.717, 1.165) is 4.48 Å². The second-order valence-electron chi connectivity index (χ2n) is 10.7. The number of aryl methyl sites for hydroxylation is 1. The van der Waals surface area contributed by atoms with Crippen molar-refractivity contribution in [2.75, 3.05) is 46.7 Å². The number of hydrogen-bond donors (Lipinski definition) is 0. The van der Waals surface area contributed by atoms with E-state index in [2.05, 4.69) is 137 Å². The zero-order valence-electron chi connectivity index (χ0n) is 22.0. The number of hydrogen-bond acceptors (Lipinski definition) is 2. The lowest BCUT2D eigenvalue weighted by Gasteiger charge is -2.25. The molecule has 0 bridgehead atoms. The van der Waals surface area contributed by atoms with Crippen LogP contribution in [0.25, 0.3) is 22.4 Å². The topological polar surface area (TPSA) is 7.12 Å². The summed E-state index contributed by atoms with van der Waals surface area (Å²) in [7, 11) is 13.1. The predicted octanol–water partition coefficient (Wildman–Crippen LogP) is 6.49. The first-order valence-corrected chi connectivity index (χ1v) is 13.3. The van der Waals surface area contributed by atoms with E-state index >= 15 is 0 Å². The number of nitrogens with zero attached hydrogens (tertiary/aromatic N) is 3. The van der Waals surface area contributed by atoms with E-state index in [9.17, 15) is 0 Å². The van der Waals surface area contributed by atoms with Gasteiger partial charge in [0.1, 0.15) is 11.7 Å². The molecule has 1 heterocycles. The molecule has 0 N–H and O–H groups in total. The molecule has 0 amide bonds. The number of benzene rings is 2. The van der Waals surface area contributed by atoms with Gasteiger partial charge in [-0.2, -0.15) is 4.57 Å². The summed E-state index contributed by atoms with van der Waals surface area (Å²) >= 11 is 1.85. The Bertz CT molecular complexity index is 1280. The molecule has 1 aliphatic carbocycles. The minimum atomic E-state index is 0.451. The number of allylic oxidation sites excluding steroid dienone is 6. The molecule has 0 saturated heterocycles. The lowest BCUT2D eigenvalue weighted by atomic mass is 9.87. The zero-order valence-corrected chi connectivity index (χ0v) is 22.8. The standard InChI is InChI=1S/C31H39N3S/c1-32(2)28-19-15-24(16-20-28)13-18-27-22-25(14-17-26(27)10-9-21-34(4,5)6)23-31-33(3)29-11-7-8-12-30(29)35-31/h7-8,11-20,22-23,26H,9-10,21H2,1-6H3/q+2. The van der Waals surface area contributed by atoms with Crippen LogP contribution in [0.4, 0.5) is 5.69 Å². The van der Waals surface area contributed by atoms with Crippen molar-refractivity contribution >= 4 is 39.4 Å². The average Bonchev–Trinajstić information content (AvgIpc) is 3.13. The van der Waals surface area contributed by atoms with Crippen molar-refractivity contribution in [3.63, 3.8) is 0 Å². The Kier molecular flexibility index (Phi) is 7.73. The number of rotatable bonds is 8. The molecule has 0 spiro atoms. The van der Waals surface area contributed by atoms with Gasteiger partial charge in [0.2, 0.25) is 5.52 Å². The maximum Gasteiger partial charge on any atom is 0.263 e. The SMILES string of the molecule is CN(C)c1ccc(/C=C/C2=CC(=Cc3sc4ccccc4[n+]3C)C=CC2CCC[N+](C)(C)C)cc1. The van der Waals surface area contributed by atoms with E-state index in [1.54, 1.807) is 0 Å². The van der Waals surface area contributed by atoms with Gasteiger partial charge in [-0.15, -0.1) is 0 Å². The third kappa shape index (κ3) is 6.59. The molecule has 4 rings (SSSR count). The van der Waals surface area contributed by atoms with Crippen molar-refractivity contribution in [1.82, 2.24) is 0 Å². The second kappa shape index (κ2) is 10.8. The summed E-state index contributed by atoms with van der Waals surface area (Å²) in [6, 6.07) is 17.4. The van der Waals surface area contributed by atoms with Gasteiger partial charge in [-0.1, -0.05) is 66.0 Å². The highest BCUT2D eigenvalue weighted by atomic mass is 32.1. The van der Waals surface area contributed by atoms with Crippen LogP contribution in [-0.2, 0) is 7.05 Å². The molecule has 1 aromatic heterocycles. The van der Waals surface area contributed by atoms with E-state index < -0.39 is 0 Å². The van der Waals surface area contributed by atoms with Crippen molar-refractivity contribution < 1.29 is 9.05 Å². The maximum atomic E-state index is 2.41. The molecule has 0 saturated carbocycles. The quantitative estimate of drug-likeness (QED) is 0.261. The third-order valence-electron chi connectivity index (χ3n) is 6.57. The second-order valence-corrected chi connectivity index (χ2v) is 11.8. The largest absolute Gasteiger partial charge is 0.378 e. The van der Waals surface area contributed by atoms with E-state index in [0.29, 0.717) is 5.92 Å². The van der Waals surface area contributed by atoms with E-state index in [4.69, 9.17) is 0 Å². The average molecular weight is 486 g/mol. The minimum absolute atomic E-state index is 0.451. The van der Waals surface area contributed by atoms with Crippen LogP contribution in [0.2, 0.25) is 0 Å². The van der Waals surface area contributed by atoms with Gasteiger partial charge in [-0.25, -0.2) is 0 Å². The Morgan fingerprint density at radius 3 is 2.43 bits per heavy atom. The molecule has 182 valence electrons. The van der Waals surface area contributed by atoms with Crippen LogP contribution < -0.4 is 9.47 Å². The molecule has 3 nitrogen and oxygen atoms in total. The van der Waals surface area contributed by atoms with Crippen LogP contribution in [0.5, 0.6) is 0 Å². The molecule has 3 aromatic rings. The fourth-order valence-corrected chi connectivity index (χ4v) is 5.57. The van der Waals surface area contributed by atoms with Crippen LogP contribution in [0, 0.1) is 5.92 Å². The van der Waals surface area contributed by atoms with Gasteiger partial charge in [0.25, 0.3) is 5.01 Å². The number of para-hydroxylation sites is 1. The monoisotopic (exact) mass is 485 g/mol. The Hall–Kier alpha value is -2.95. The van der Waals surface area contributed by atoms with Crippen molar-refractivity contribution in [3.8, 4) is 0 Å². The number of quaternary nitrogens is 1. The van der Waals surface area contributed by atoms with Gasteiger partial charge in [-0.05, 0) is 47.8 Å². The lowest BCUT2D eigenvalue weighted by Crippen LogP contribution is -2.35. The van der Waals surface area contributed by atoms with Gasteiger partial charge >= 0.3 is 0 Å². The zero-order chi connectivity index (χ0) is 25.0. The fourth-order valence-electron chi connectivity index (χ4n) is 4.46. The summed E-state index contributed by atoms with van der Waals surface area (Å²) in [5, 5.41) is 1.27. The highest BCUT2D eigenvalue weighted by Crippen LogP contribution is 2.30. The van der Waals surface area contributed by atoms with Crippen molar-refractivity contribution in [2.45, 2.75) is 12.8 Å². The molecule has 1 atom stereocenters. The highest BCUT2D eigenvalue weighted by Gasteiger charge is 2.18. The molecular formula is C31H39N3S+2. The molecule has 2 aromatic carbocycles. The van der Waals surface area contributed by atoms with E-state index in [-0.39, 0.29) is 0 Å². The van der Waals surface area contributed by atoms with Crippen LogP contribution in [0.1, 0.15) is 23.4 Å². The summed E-state index contributed by atoms with van der Waals surface area (Å²) in [5.41, 5.74) is 6.39. The van der Waals surface area contributed by atoms with Gasteiger partial charge in [-0.3, -0.25) is 0 Å². The normalized spacial score (nSPS) is 17.5. The van der Waals surface area contributed by atoms with Crippen molar-refractivity contribution in [3.05, 3.63) is 94.6 Å². The first-order valence-electron chi connectivity index (χ1n) is 12.4. The summed E-state index contributed by atoms with van der Waals surface area (Å²) in [6.07, 6.45) is 16.4. The van der Waals surface area contributed by atoms with Crippen LogP contribution >= 0.6 is 11.3 Å². The van der Waals surface area contributed by atoms with E-state index in [1.165, 1.54) is 57.0 Å². The number of thiazole rings is 1. The van der Waals surface area contributed by atoms with Crippen molar-refractivity contribution in [1.29, 1.82) is 0 Å². The smallest absolute Gasteiger partial charge is 0.263 e. The van der Waals surface area contributed by atoms with Crippen LogP contribution in [-0.4, -0.2) is 46.3 Å². The van der Waals surface area contributed by atoms with Gasteiger partial charge in [0, 0.05) is 37.8 Å². The molecule has 1 aliphatic rings. The fraction of sp³-hybridized carbons (Fsp3) is 0.323. The molecule has 1 unspecified atom stereocenters. The van der Waals surface area contributed by atoms with Gasteiger partial charge in [0.15, 0.2) is 0 Å². The molecule has 4 heteroatoms. The molecule has 0 aliphatic heterocycles. The van der Waals surface area contributed by atoms with E-state index in [1.807, 2.05) is 11.3 Å². The number of aromatic nitrogens is 1. The van der Waals surface area contributed by atoms with Crippen molar-refractivity contribution in [2.24, 2.45) is 13.0 Å². The summed E-state index contributed by atoms with van der Waals surface area (Å²) < 4.78 is 4.63. The Labute approximate surface area is 215 Å². The first kappa shape index (κ1) is 25.2. The third-order valence-corrected chi connectivity index (χ3v) is 7.73. The number of anilines is 1. The number of fused-ring (bicyclic) bond motifs is 1. The first-order chi connectivity index (χ1) is 16.7. The molecule has 0 fully saturated rings. The highest BCUT2D eigenvalue weighted by molar-refractivity contribution is 7.18. The Morgan fingerprint density at radius 1 is 1.00 bits per heavy atom. The van der Waals surface area contributed by atoms with Gasteiger partial charge in [0.05, 0.1) is 27.7 Å². The Morgan fingerprint density at radius 2 is 1.74 bits per heavy atom. The summed E-state index contributed by atoms with van der Waals surface area (Å²) in [5.74, 6) is 0.451. The Balaban J connectivity index is 1.61. The van der Waals surface area contributed by atoms with Crippen LogP contribution in [0.3, 0.4) is 0 Å². The predicted molar refractivity (Wildman–Crippen MR) is 154 cm³/mol. The summed E-state index contributed by atoms with van der Waals surface area (Å²) in [6.45, 7) is 1.19. The lowest BCUT2D eigenvalue weighted by molar-refractivity contribution is -0.870. The molecule has 35 heavy (non-hydrogen) atoms. The maximum absolute atomic E-state index is 2.41. The summed E-state index contributed by atoms with van der Waals surface area (Å²) in [4.78, 5) is 2.14. The minimum Gasteiger partial charge on any atom is -0.378 e. The molecular weight excluding hydrogens is 446 g/mol. The molecule has 0 radical (unpaired) electrons. The van der Waals surface area contributed by atoms with Crippen LogP contribution in [0.15, 0.2) is 84.0 Å². The van der Waals surface area contributed by atoms with Gasteiger partial charge < -0.3 is 9.38 Å².